The van der Waals surface area contributed by atoms with Crippen LogP contribution in [0.5, 0.6) is 0 Å². The van der Waals surface area contributed by atoms with Gasteiger partial charge in [0.05, 0.1) is 0 Å². The largest absolute Gasteiger partial charge is 0.363 e. The molecule has 1 unspecified atom stereocenters. The SMILES string of the molecule is CC1CC=CC(N(C)C)=NC1=N. The second kappa shape index (κ2) is 3.52. The molecule has 1 aliphatic rings. The third-order valence-corrected chi connectivity index (χ3v) is 1.92. The zero-order valence-corrected chi connectivity index (χ0v) is 7.83. The summed E-state index contributed by atoms with van der Waals surface area (Å²) < 4.78 is 0. The summed E-state index contributed by atoms with van der Waals surface area (Å²) in [4.78, 5) is 6.12. The number of hydrogen-bond donors (Lipinski definition) is 1. The highest BCUT2D eigenvalue weighted by atomic mass is 15.1. The number of rotatable bonds is 0. The van der Waals surface area contributed by atoms with Crippen molar-refractivity contribution in [2.45, 2.75) is 13.3 Å². The first-order chi connectivity index (χ1) is 5.61. The molecular formula is C9H15N3. The van der Waals surface area contributed by atoms with Crippen molar-refractivity contribution >= 4 is 11.7 Å². The number of amidine groups is 2. The summed E-state index contributed by atoms with van der Waals surface area (Å²) in [6.45, 7) is 2.02. The van der Waals surface area contributed by atoms with E-state index in [4.69, 9.17) is 5.41 Å². The molecule has 0 spiro atoms. The Bertz CT molecular complexity index is 238. The maximum atomic E-state index is 7.60. The molecular weight excluding hydrogens is 150 g/mol. The minimum atomic E-state index is 0.249. The van der Waals surface area contributed by atoms with Crippen LogP contribution in [0, 0.1) is 11.3 Å². The first-order valence-electron chi connectivity index (χ1n) is 4.12. The molecule has 1 heterocycles. The molecule has 0 bridgehead atoms. The zero-order valence-electron chi connectivity index (χ0n) is 7.83. The average Bonchev–Trinajstić information content (AvgIpc) is 2.15. The van der Waals surface area contributed by atoms with E-state index in [0.29, 0.717) is 5.84 Å². The summed E-state index contributed by atoms with van der Waals surface area (Å²) in [5.41, 5.74) is 0. The van der Waals surface area contributed by atoms with E-state index in [9.17, 15) is 0 Å². The fraction of sp³-hybridized carbons (Fsp3) is 0.556. The summed E-state index contributed by atoms with van der Waals surface area (Å²) >= 11 is 0. The Hall–Kier alpha value is -1.12. The maximum absolute atomic E-state index is 7.60. The van der Waals surface area contributed by atoms with Crippen molar-refractivity contribution in [2.24, 2.45) is 10.9 Å². The van der Waals surface area contributed by atoms with Gasteiger partial charge in [-0.3, -0.25) is 5.41 Å². The van der Waals surface area contributed by atoms with Gasteiger partial charge in [-0.25, -0.2) is 4.99 Å². The van der Waals surface area contributed by atoms with Crippen LogP contribution in [-0.2, 0) is 0 Å². The molecule has 0 saturated carbocycles. The summed E-state index contributed by atoms with van der Waals surface area (Å²) in [6.07, 6.45) is 4.96. The Morgan fingerprint density at radius 1 is 1.58 bits per heavy atom. The number of nitrogens with zero attached hydrogens (tertiary/aromatic N) is 2. The van der Waals surface area contributed by atoms with E-state index in [1.54, 1.807) is 0 Å². The first-order valence-corrected chi connectivity index (χ1v) is 4.12. The Balaban J connectivity index is 2.86. The molecule has 66 valence electrons. The topological polar surface area (TPSA) is 39.5 Å². The van der Waals surface area contributed by atoms with Gasteiger partial charge in [0.2, 0.25) is 0 Å². The van der Waals surface area contributed by atoms with Gasteiger partial charge in [-0.1, -0.05) is 13.0 Å². The number of nitrogens with one attached hydrogen (secondary N) is 1. The Morgan fingerprint density at radius 3 is 2.83 bits per heavy atom. The highest BCUT2D eigenvalue weighted by molar-refractivity contribution is 6.02. The summed E-state index contributed by atoms with van der Waals surface area (Å²) in [6, 6.07) is 0. The smallest absolute Gasteiger partial charge is 0.129 e. The van der Waals surface area contributed by atoms with Crippen LogP contribution in [-0.4, -0.2) is 30.7 Å². The fourth-order valence-electron chi connectivity index (χ4n) is 1.01. The van der Waals surface area contributed by atoms with Gasteiger partial charge in [-0.15, -0.1) is 0 Å². The molecule has 0 aromatic rings. The molecule has 0 saturated heterocycles. The number of hydrogen-bond acceptors (Lipinski definition) is 2. The van der Waals surface area contributed by atoms with E-state index in [1.165, 1.54) is 0 Å². The van der Waals surface area contributed by atoms with E-state index < -0.39 is 0 Å². The van der Waals surface area contributed by atoms with E-state index >= 15 is 0 Å². The maximum Gasteiger partial charge on any atom is 0.129 e. The van der Waals surface area contributed by atoms with Crippen molar-refractivity contribution in [3.05, 3.63) is 12.2 Å². The van der Waals surface area contributed by atoms with Crippen LogP contribution < -0.4 is 0 Å². The predicted octanol–water partition coefficient (Wildman–Crippen LogP) is 1.52. The summed E-state index contributed by atoms with van der Waals surface area (Å²) in [7, 11) is 3.87. The monoisotopic (exact) mass is 165 g/mol. The van der Waals surface area contributed by atoms with E-state index in [-0.39, 0.29) is 5.92 Å². The minimum absolute atomic E-state index is 0.249. The third-order valence-electron chi connectivity index (χ3n) is 1.92. The molecule has 1 rings (SSSR count). The lowest BCUT2D eigenvalue weighted by molar-refractivity contribution is 0.627. The van der Waals surface area contributed by atoms with Crippen LogP contribution in [0.15, 0.2) is 17.1 Å². The molecule has 3 heteroatoms. The molecule has 12 heavy (non-hydrogen) atoms. The highest BCUT2D eigenvalue weighted by Gasteiger charge is 2.10. The van der Waals surface area contributed by atoms with Crippen LogP contribution in [0.4, 0.5) is 0 Å². The number of likely N-dealkylation sites (N-methyl/N-ethyl adjacent to an activating group) is 1. The quantitative estimate of drug-likeness (QED) is 0.580. The highest BCUT2D eigenvalue weighted by Crippen LogP contribution is 2.10. The first kappa shape index (κ1) is 8.97. The molecule has 0 radical (unpaired) electrons. The van der Waals surface area contributed by atoms with Gasteiger partial charge in [-0.2, -0.15) is 0 Å². The molecule has 0 amide bonds. The lowest BCUT2D eigenvalue weighted by Crippen LogP contribution is -2.21. The normalized spacial score (nSPS) is 23.4. The van der Waals surface area contributed by atoms with Crippen molar-refractivity contribution in [3.63, 3.8) is 0 Å². The number of allylic oxidation sites excluding steroid dienone is 1. The molecule has 1 N–H and O–H groups in total. The van der Waals surface area contributed by atoms with Crippen molar-refractivity contribution in [1.29, 1.82) is 5.41 Å². The minimum Gasteiger partial charge on any atom is -0.363 e. The molecule has 3 nitrogen and oxygen atoms in total. The van der Waals surface area contributed by atoms with E-state index in [0.717, 1.165) is 12.3 Å². The molecule has 1 atom stereocenters. The van der Waals surface area contributed by atoms with Crippen molar-refractivity contribution in [2.75, 3.05) is 14.1 Å². The molecule has 0 aromatic carbocycles. The standard InChI is InChI=1S/C9H15N3/c1-7-5-4-6-8(12(2)3)11-9(7)10/h4,6-7,10H,5H2,1-3H3. The van der Waals surface area contributed by atoms with Crippen LogP contribution in [0.3, 0.4) is 0 Å². The summed E-state index contributed by atoms with van der Waals surface area (Å²) in [5.74, 6) is 1.59. The van der Waals surface area contributed by atoms with Gasteiger partial charge < -0.3 is 4.90 Å². The lowest BCUT2D eigenvalue weighted by atomic mass is 10.1. The van der Waals surface area contributed by atoms with Gasteiger partial charge in [0.25, 0.3) is 0 Å². The van der Waals surface area contributed by atoms with Crippen molar-refractivity contribution in [1.82, 2.24) is 4.90 Å². The number of aliphatic imine (C=N–C) groups is 1. The van der Waals surface area contributed by atoms with Gasteiger partial charge in [0, 0.05) is 20.0 Å². The lowest BCUT2D eigenvalue weighted by Gasteiger charge is -2.11. The second-order valence-corrected chi connectivity index (χ2v) is 3.29. The second-order valence-electron chi connectivity index (χ2n) is 3.29. The van der Waals surface area contributed by atoms with Gasteiger partial charge in [0.15, 0.2) is 0 Å². The van der Waals surface area contributed by atoms with Crippen LogP contribution in [0.1, 0.15) is 13.3 Å². The van der Waals surface area contributed by atoms with Crippen molar-refractivity contribution in [3.8, 4) is 0 Å². The molecule has 1 aliphatic heterocycles. The van der Waals surface area contributed by atoms with Crippen LogP contribution >= 0.6 is 0 Å². The fourth-order valence-corrected chi connectivity index (χ4v) is 1.01. The third kappa shape index (κ3) is 1.94. The van der Waals surface area contributed by atoms with Gasteiger partial charge >= 0.3 is 0 Å². The Labute approximate surface area is 73.3 Å². The summed E-state index contributed by atoms with van der Waals surface area (Å²) in [5, 5.41) is 7.60. The van der Waals surface area contributed by atoms with Crippen molar-refractivity contribution < 1.29 is 0 Å². The van der Waals surface area contributed by atoms with E-state index in [1.807, 2.05) is 32.0 Å². The Kier molecular flexibility index (Phi) is 2.63. The Morgan fingerprint density at radius 2 is 2.25 bits per heavy atom. The van der Waals surface area contributed by atoms with Crippen LogP contribution in [0.2, 0.25) is 0 Å². The zero-order chi connectivity index (χ0) is 9.14. The van der Waals surface area contributed by atoms with Gasteiger partial charge in [0.1, 0.15) is 11.7 Å². The molecule has 0 fully saturated rings. The van der Waals surface area contributed by atoms with Gasteiger partial charge in [-0.05, 0) is 12.5 Å². The average molecular weight is 165 g/mol. The predicted molar refractivity (Wildman–Crippen MR) is 51.8 cm³/mol. The molecule has 0 aromatic heterocycles. The molecule has 0 aliphatic carbocycles. The van der Waals surface area contributed by atoms with Crippen LogP contribution in [0.25, 0.3) is 0 Å². The van der Waals surface area contributed by atoms with E-state index in [2.05, 4.69) is 11.1 Å².